The average molecular weight is 384 g/mol. The average Bonchev–Trinajstić information content (AvgIpc) is 2.64. The van der Waals surface area contributed by atoms with Crippen LogP contribution < -0.4 is 20.3 Å². The van der Waals surface area contributed by atoms with Gasteiger partial charge in [0.15, 0.2) is 12.7 Å². The van der Waals surface area contributed by atoms with Gasteiger partial charge in [0, 0.05) is 0 Å². The molecule has 6 heteroatoms. The molecule has 0 radical (unpaired) electrons. The molecule has 0 heterocycles. The van der Waals surface area contributed by atoms with Crippen molar-refractivity contribution in [2.45, 2.75) is 46.6 Å². The fraction of sp³-hybridized carbons (Fsp3) is 0.364. The number of benzene rings is 2. The number of hydrogen-bond acceptors (Lipinski definition) is 4. The first-order chi connectivity index (χ1) is 13.2. The highest BCUT2D eigenvalue weighted by Crippen LogP contribution is 2.19. The van der Waals surface area contributed by atoms with Crippen molar-refractivity contribution >= 4 is 11.8 Å². The molecule has 2 amide bonds. The van der Waals surface area contributed by atoms with Crippen molar-refractivity contribution in [2.75, 3.05) is 6.61 Å². The van der Waals surface area contributed by atoms with Crippen LogP contribution in [0, 0.1) is 13.8 Å². The topological polar surface area (TPSA) is 76.7 Å². The van der Waals surface area contributed by atoms with E-state index in [1.54, 1.807) is 6.92 Å². The predicted octanol–water partition coefficient (Wildman–Crippen LogP) is 3.42. The quantitative estimate of drug-likeness (QED) is 0.717. The van der Waals surface area contributed by atoms with Gasteiger partial charge in [-0.15, -0.1) is 0 Å². The molecular formula is C22H28N2O4. The van der Waals surface area contributed by atoms with Crippen LogP contribution in [0.1, 0.15) is 43.4 Å². The summed E-state index contributed by atoms with van der Waals surface area (Å²) in [4.78, 5) is 24.0. The maximum absolute atomic E-state index is 12.1. The normalized spacial score (nSPS) is 11.6. The van der Waals surface area contributed by atoms with Gasteiger partial charge in [-0.05, 0) is 67.6 Å². The van der Waals surface area contributed by atoms with Crippen LogP contribution in [0.25, 0.3) is 0 Å². The third kappa shape index (κ3) is 6.61. The number of aryl methyl sites for hydroxylation is 2. The van der Waals surface area contributed by atoms with Gasteiger partial charge in [0.1, 0.15) is 11.5 Å². The maximum Gasteiger partial charge on any atom is 0.279 e. The molecule has 0 fully saturated rings. The maximum atomic E-state index is 12.1. The highest BCUT2D eigenvalue weighted by Gasteiger charge is 2.15. The zero-order valence-corrected chi connectivity index (χ0v) is 17.0. The van der Waals surface area contributed by atoms with Gasteiger partial charge in [0.25, 0.3) is 11.8 Å². The number of rotatable bonds is 7. The Morgan fingerprint density at radius 1 is 0.893 bits per heavy atom. The number of carbonyl (C=O) groups is 2. The van der Waals surface area contributed by atoms with Crippen LogP contribution >= 0.6 is 0 Å². The van der Waals surface area contributed by atoms with Crippen LogP contribution in [0.15, 0.2) is 42.5 Å². The van der Waals surface area contributed by atoms with Crippen molar-refractivity contribution in [3.63, 3.8) is 0 Å². The molecule has 0 saturated heterocycles. The lowest BCUT2D eigenvalue weighted by Crippen LogP contribution is -2.48. The molecule has 2 N–H and O–H groups in total. The molecule has 0 aliphatic carbocycles. The van der Waals surface area contributed by atoms with Crippen molar-refractivity contribution < 1.29 is 19.1 Å². The van der Waals surface area contributed by atoms with Crippen LogP contribution in [0.5, 0.6) is 11.5 Å². The van der Waals surface area contributed by atoms with Gasteiger partial charge in [-0.1, -0.05) is 32.0 Å². The Morgan fingerprint density at radius 2 is 1.50 bits per heavy atom. The largest absolute Gasteiger partial charge is 0.484 e. The van der Waals surface area contributed by atoms with Gasteiger partial charge in [-0.25, -0.2) is 0 Å². The lowest BCUT2D eigenvalue weighted by Gasteiger charge is -2.16. The molecule has 6 nitrogen and oxygen atoms in total. The Morgan fingerprint density at radius 3 is 2.07 bits per heavy atom. The van der Waals surface area contributed by atoms with E-state index in [0.717, 1.165) is 11.1 Å². The molecule has 2 rings (SSSR count). The summed E-state index contributed by atoms with van der Waals surface area (Å²) >= 11 is 0. The summed E-state index contributed by atoms with van der Waals surface area (Å²) in [6.45, 7) is 9.55. The minimum Gasteiger partial charge on any atom is -0.484 e. The molecule has 1 atom stereocenters. The van der Waals surface area contributed by atoms with Gasteiger partial charge < -0.3 is 9.47 Å². The minimum atomic E-state index is -0.759. The number of carbonyl (C=O) groups excluding carboxylic acids is 2. The van der Waals surface area contributed by atoms with Crippen LogP contribution in [-0.2, 0) is 9.59 Å². The number of nitrogens with one attached hydrogen (secondary N) is 2. The highest BCUT2D eigenvalue weighted by atomic mass is 16.5. The summed E-state index contributed by atoms with van der Waals surface area (Å²) in [5.41, 5.74) is 7.98. The first kappa shape index (κ1) is 21.3. The Hall–Kier alpha value is -3.02. The Bertz CT molecular complexity index is 796. The molecule has 0 bridgehead atoms. The molecule has 150 valence electrons. The third-order valence-electron chi connectivity index (χ3n) is 4.12. The molecule has 0 spiro atoms. The summed E-state index contributed by atoms with van der Waals surface area (Å²) < 4.78 is 11.1. The first-order valence-corrected chi connectivity index (χ1v) is 9.31. The lowest BCUT2D eigenvalue weighted by molar-refractivity contribution is -0.133. The molecule has 0 aliphatic rings. The molecular weight excluding hydrogens is 356 g/mol. The van der Waals surface area contributed by atoms with E-state index in [-0.39, 0.29) is 6.61 Å². The second kappa shape index (κ2) is 9.78. The van der Waals surface area contributed by atoms with Crippen LogP contribution in [0.3, 0.4) is 0 Å². The first-order valence-electron chi connectivity index (χ1n) is 9.31. The summed E-state index contributed by atoms with van der Waals surface area (Å²) in [5.74, 6) is 0.724. The van der Waals surface area contributed by atoms with Crippen molar-refractivity contribution in [3.8, 4) is 11.5 Å². The number of ether oxygens (including phenoxy) is 2. The fourth-order valence-corrected chi connectivity index (χ4v) is 2.62. The van der Waals surface area contributed by atoms with E-state index in [9.17, 15) is 9.59 Å². The van der Waals surface area contributed by atoms with Gasteiger partial charge in [0.05, 0.1) is 0 Å². The SMILES string of the molecule is Cc1cc(C)cc(OCC(=O)NNC(=O)C(C)Oc2ccc(C(C)C)cc2)c1. The minimum absolute atomic E-state index is 0.199. The Labute approximate surface area is 166 Å². The van der Waals surface area contributed by atoms with E-state index in [2.05, 4.69) is 24.7 Å². The van der Waals surface area contributed by atoms with Crippen LogP contribution in [0.4, 0.5) is 0 Å². The molecule has 28 heavy (non-hydrogen) atoms. The Balaban J connectivity index is 1.76. The van der Waals surface area contributed by atoms with E-state index < -0.39 is 17.9 Å². The van der Waals surface area contributed by atoms with Crippen molar-refractivity contribution in [3.05, 3.63) is 59.2 Å². The smallest absolute Gasteiger partial charge is 0.279 e. The molecule has 0 saturated carbocycles. The number of amides is 2. The van der Waals surface area contributed by atoms with Crippen LogP contribution in [-0.4, -0.2) is 24.5 Å². The van der Waals surface area contributed by atoms with Crippen LogP contribution in [0.2, 0.25) is 0 Å². The zero-order chi connectivity index (χ0) is 20.7. The van der Waals surface area contributed by atoms with Gasteiger partial charge in [-0.2, -0.15) is 0 Å². The molecule has 0 aliphatic heterocycles. The molecule has 2 aromatic carbocycles. The number of hydrazine groups is 1. The third-order valence-corrected chi connectivity index (χ3v) is 4.12. The highest BCUT2D eigenvalue weighted by molar-refractivity contribution is 5.85. The van der Waals surface area contributed by atoms with E-state index >= 15 is 0 Å². The lowest BCUT2D eigenvalue weighted by atomic mass is 10.0. The van der Waals surface area contributed by atoms with E-state index in [1.807, 2.05) is 56.3 Å². The summed E-state index contributed by atoms with van der Waals surface area (Å²) in [6, 6.07) is 13.3. The summed E-state index contributed by atoms with van der Waals surface area (Å²) in [5, 5.41) is 0. The van der Waals surface area contributed by atoms with Gasteiger partial charge >= 0.3 is 0 Å². The molecule has 2 aromatic rings. The van der Waals surface area contributed by atoms with Gasteiger partial charge in [0.2, 0.25) is 0 Å². The monoisotopic (exact) mass is 384 g/mol. The number of hydrogen-bond donors (Lipinski definition) is 2. The summed E-state index contributed by atoms with van der Waals surface area (Å²) in [7, 11) is 0. The van der Waals surface area contributed by atoms with E-state index in [4.69, 9.17) is 9.47 Å². The zero-order valence-electron chi connectivity index (χ0n) is 17.0. The van der Waals surface area contributed by atoms with Crippen molar-refractivity contribution in [1.29, 1.82) is 0 Å². The van der Waals surface area contributed by atoms with Crippen molar-refractivity contribution in [2.24, 2.45) is 0 Å². The van der Waals surface area contributed by atoms with E-state index in [0.29, 0.717) is 17.4 Å². The molecule has 0 aromatic heterocycles. The fourth-order valence-electron chi connectivity index (χ4n) is 2.62. The van der Waals surface area contributed by atoms with E-state index in [1.165, 1.54) is 5.56 Å². The second-order valence-electron chi connectivity index (χ2n) is 7.13. The predicted molar refractivity (Wildman–Crippen MR) is 108 cm³/mol. The Kier molecular flexibility index (Phi) is 7.44. The summed E-state index contributed by atoms with van der Waals surface area (Å²) in [6.07, 6.45) is -0.759. The van der Waals surface area contributed by atoms with Gasteiger partial charge in [-0.3, -0.25) is 20.4 Å². The van der Waals surface area contributed by atoms with Crippen molar-refractivity contribution in [1.82, 2.24) is 10.9 Å². The molecule has 1 unspecified atom stereocenters. The standard InChI is InChI=1S/C22H28N2O4/c1-14(2)18-6-8-19(9-7-18)28-17(5)22(26)24-23-21(25)13-27-20-11-15(3)10-16(4)12-20/h6-12,14,17H,13H2,1-5H3,(H,23,25)(H,24,26). The second-order valence-corrected chi connectivity index (χ2v) is 7.13.